The van der Waals surface area contributed by atoms with Gasteiger partial charge in [-0.3, -0.25) is 18.7 Å². The van der Waals surface area contributed by atoms with Crippen molar-refractivity contribution in [2.45, 2.75) is 75.3 Å². The molecule has 7 nitrogen and oxygen atoms in total. The summed E-state index contributed by atoms with van der Waals surface area (Å²) in [5.74, 6) is 1.20. The molecule has 41 heavy (non-hydrogen) atoms. The lowest BCUT2D eigenvalue weighted by Gasteiger charge is -2.58. The van der Waals surface area contributed by atoms with E-state index in [0.717, 1.165) is 44.6 Å². The van der Waals surface area contributed by atoms with Crippen molar-refractivity contribution in [1.82, 2.24) is 14.8 Å². The van der Waals surface area contributed by atoms with E-state index in [0.29, 0.717) is 23.2 Å². The molecule has 222 valence electrons. The number of likely N-dealkylation sites (tertiary alicyclic amines) is 1. The third-order valence-corrected chi connectivity index (χ3v) is 11.4. The van der Waals surface area contributed by atoms with Crippen LogP contribution in [-0.2, 0) is 25.9 Å². The highest BCUT2D eigenvalue weighted by Crippen LogP contribution is 2.57. The predicted octanol–water partition coefficient (Wildman–Crippen LogP) is 5.45. The van der Waals surface area contributed by atoms with Gasteiger partial charge in [-0.1, -0.05) is 56.5 Å². The van der Waals surface area contributed by atoms with Crippen molar-refractivity contribution >= 4 is 28.3 Å². The van der Waals surface area contributed by atoms with E-state index in [1.165, 1.54) is 31.0 Å². The number of anilines is 1. The van der Waals surface area contributed by atoms with Crippen molar-refractivity contribution in [3.05, 3.63) is 54.2 Å². The maximum atomic E-state index is 13.7. The minimum Gasteiger partial charge on any atom is -0.341 e. The molecule has 1 aromatic heterocycles. The number of benzene rings is 1. The van der Waals surface area contributed by atoms with Gasteiger partial charge < -0.3 is 10.2 Å². The van der Waals surface area contributed by atoms with Crippen LogP contribution in [0.25, 0.3) is 0 Å². The minimum atomic E-state index is -1.16. The fraction of sp³-hybridized carbons (Fsp3) is 0.606. The van der Waals surface area contributed by atoms with Crippen LogP contribution < -0.4 is 5.32 Å². The normalized spacial score (nSPS) is 29.4. The number of nitrogens with zero attached hydrogens (tertiary/aromatic N) is 3. The smallest absolute Gasteiger partial charge is 0.226 e. The van der Waals surface area contributed by atoms with E-state index in [1.807, 2.05) is 4.90 Å². The van der Waals surface area contributed by atoms with Gasteiger partial charge >= 0.3 is 0 Å². The molecule has 0 bridgehead atoms. The summed E-state index contributed by atoms with van der Waals surface area (Å²) in [7, 11) is 3.25. The average molecular weight is 579 g/mol. The minimum absolute atomic E-state index is 0.0108. The monoisotopic (exact) mass is 578 g/mol. The molecule has 3 aliphatic rings. The lowest BCUT2D eigenvalue weighted by atomic mass is 9.53. The number of carbonyl (C=O) groups is 2. The van der Waals surface area contributed by atoms with E-state index >= 15 is 0 Å². The molecule has 3 fully saturated rings. The van der Waals surface area contributed by atoms with Gasteiger partial charge in [0.2, 0.25) is 11.8 Å². The quantitative estimate of drug-likeness (QED) is 0.428. The second kappa shape index (κ2) is 12.3. The summed E-state index contributed by atoms with van der Waals surface area (Å²) in [6.07, 6.45) is 12.8. The van der Waals surface area contributed by atoms with Crippen LogP contribution in [-0.4, -0.2) is 64.2 Å². The van der Waals surface area contributed by atoms with Gasteiger partial charge in [-0.05, 0) is 81.1 Å². The van der Waals surface area contributed by atoms with Crippen LogP contribution in [0.15, 0.2) is 53.7 Å². The Kier molecular flexibility index (Phi) is 9.00. The molecule has 2 heterocycles. The Labute approximate surface area is 247 Å². The molecule has 1 aliphatic heterocycles. The highest BCUT2D eigenvalue weighted by atomic mass is 32.2. The second-order valence-electron chi connectivity index (χ2n) is 13.0. The SMILES string of the molecule is CC1C(=O)N(CCC(=O)Nc2ccc(S(C)=O)nc2)CC2(CCC(c3ccccc3)(N(C)C)CC2)C1CC1CCC1. The van der Waals surface area contributed by atoms with Crippen LogP contribution in [0.4, 0.5) is 5.69 Å². The van der Waals surface area contributed by atoms with Crippen molar-refractivity contribution in [3.63, 3.8) is 0 Å². The molecule has 2 aromatic rings. The van der Waals surface area contributed by atoms with Crippen molar-refractivity contribution in [2.75, 3.05) is 38.8 Å². The average Bonchev–Trinajstić information content (AvgIpc) is 2.94. The van der Waals surface area contributed by atoms with Crippen LogP contribution in [0.5, 0.6) is 0 Å². The third-order valence-electron chi connectivity index (χ3n) is 10.6. The van der Waals surface area contributed by atoms with E-state index in [1.54, 1.807) is 18.4 Å². The van der Waals surface area contributed by atoms with E-state index in [4.69, 9.17) is 0 Å². The van der Waals surface area contributed by atoms with Crippen LogP contribution in [0.3, 0.4) is 0 Å². The van der Waals surface area contributed by atoms with Gasteiger partial charge in [0.25, 0.3) is 0 Å². The standard InChI is InChI=1S/C33H46N4O3S/c1-24-28(21-25-9-8-10-25)32(16-18-33(19-17-32,36(2)3)26-11-6-5-7-12-26)23-37(31(24)39)20-15-29(38)35-27-13-14-30(34-22-27)41(4)40/h5-7,11-14,22,24-25,28H,8-10,15-21,23H2,1-4H3,(H,35,38). The lowest BCUT2D eigenvalue weighted by molar-refractivity contribution is -0.156. The van der Waals surface area contributed by atoms with Crippen LogP contribution in [0.1, 0.15) is 70.3 Å². The predicted molar refractivity (Wildman–Crippen MR) is 164 cm³/mol. The van der Waals surface area contributed by atoms with E-state index in [2.05, 4.69) is 66.6 Å². The number of carbonyl (C=O) groups excluding carboxylic acids is 2. The summed E-state index contributed by atoms with van der Waals surface area (Å²) in [5, 5.41) is 3.37. The van der Waals surface area contributed by atoms with Gasteiger partial charge in [0.15, 0.2) is 0 Å². The van der Waals surface area contributed by atoms with Gasteiger partial charge in [-0.2, -0.15) is 0 Å². The first-order valence-corrected chi connectivity index (χ1v) is 16.8. The zero-order valence-electron chi connectivity index (χ0n) is 25.1. The second-order valence-corrected chi connectivity index (χ2v) is 14.3. The Hall–Kier alpha value is -2.58. The number of hydrogen-bond donors (Lipinski definition) is 1. The number of aromatic nitrogens is 1. The Balaban J connectivity index is 1.31. The van der Waals surface area contributed by atoms with Gasteiger partial charge in [-0.25, -0.2) is 4.98 Å². The van der Waals surface area contributed by atoms with Crippen molar-refractivity contribution in [1.29, 1.82) is 0 Å². The topological polar surface area (TPSA) is 82.6 Å². The van der Waals surface area contributed by atoms with Gasteiger partial charge in [0.1, 0.15) is 5.03 Å². The number of pyridine rings is 1. The molecule has 8 heteroatoms. The molecule has 3 atom stereocenters. The molecule has 5 rings (SSSR count). The summed E-state index contributed by atoms with van der Waals surface area (Å²) in [4.78, 5) is 35.2. The maximum absolute atomic E-state index is 13.7. The molecule has 1 N–H and O–H groups in total. The number of hydrogen-bond acceptors (Lipinski definition) is 5. The highest BCUT2D eigenvalue weighted by Gasteiger charge is 2.55. The fourth-order valence-corrected chi connectivity index (χ4v) is 8.27. The molecular formula is C33H46N4O3S. The molecule has 2 aliphatic carbocycles. The zero-order chi connectivity index (χ0) is 29.2. The first kappa shape index (κ1) is 29.9. The molecule has 3 unspecified atom stereocenters. The van der Waals surface area contributed by atoms with E-state index < -0.39 is 10.8 Å². The molecule has 2 saturated carbocycles. The first-order valence-electron chi connectivity index (χ1n) is 15.2. The number of piperidine rings is 1. The van der Waals surface area contributed by atoms with Gasteiger partial charge in [0, 0.05) is 37.2 Å². The molecule has 0 radical (unpaired) electrons. The molecule has 1 spiro atoms. The van der Waals surface area contributed by atoms with Crippen molar-refractivity contribution < 1.29 is 13.8 Å². The maximum Gasteiger partial charge on any atom is 0.226 e. The van der Waals surface area contributed by atoms with E-state index in [-0.39, 0.29) is 35.1 Å². The summed E-state index contributed by atoms with van der Waals surface area (Å²) < 4.78 is 11.6. The first-order chi connectivity index (χ1) is 19.6. The third kappa shape index (κ3) is 6.14. The van der Waals surface area contributed by atoms with Crippen LogP contribution in [0.2, 0.25) is 0 Å². The Morgan fingerprint density at radius 3 is 2.37 bits per heavy atom. The number of rotatable bonds is 9. The summed E-state index contributed by atoms with van der Waals surface area (Å²) in [5.41, 5.74) is 2.06. The van der Waals surface area contributed by atoms with Crippen molar-refractivity contribution in [2.24, 2.45) is 23.2 Å². The lowest BCUT2D eigenvalue weighted by Crippen LogP contribution is -2.59. The largest absolute Gasteiger partial charge is 0.341 e. The fourth-order valence-electron chi connectivity index (χ4n) is 7.81. The Bertz CT molecular complexity index is 1240. The molecule has 2 amide bonds. The number of amides is 2. The van der Waals surface area contributed by atoms with Crippen LogP contribution in [0, 0.1) is 23.2 Å². The molecule has 1 aromatic carbocycles. The van der Waals surface area contributed by atoms with Gasteiger partial charge in [0.05, 0.1) is 22.7 Å². The molecule has 1 saturated heterocycles. The number of nitrogens with one attached hydrogen (secondary N) is 1. The van der Waals surface area contributed by atoms with Crippen LogP contribution >= 0.6 is 0 Å². The molecular weight excluding hydrogens is 532 g/mol. The summed E-state index contributed by atoms with van der Waals surface area (Å²) in [6, 6.07) is 14.3. The zero-order valence-corrected chi connectivity index (χ0v) is 25.9. The highest BCUT2D eigenvalue weighted by molar-refractivity contribution is 7.84. The van der Waals surface area contributed by atoms with Crippen molar-refractivity contribution in [3.8, 4) is 0 Å². The summed E-state index contributed by atoms with van der Waals surface area (Å²) >= 11 is 0. The Morgan fingerprint density at radius 1 is 1.10 bits per heavy atom. The van der Waals surface area contributed by atoms with Gasteiger partial charge in [-0.15, -0.1) is 0 Å². The Morgan fingerprint density at radius 2 is 1.80 bits per heavy atom. The van der Waals surface area contributed by atoms with E-state index in [9.17, 15) is 13.8 Å². The summed E-state index contributed by atoms with van der Waals surface area (Å²) in [6.45, 7) is 3.32.